The van der Waals surface area contributed by atoms with Crippen LogP contribution in [0.15, 0.2) is 24.3 Å². The van der Waals surface area contributed by atoms with E-state index in [0.717, 1.165) is 13.1 Å². The number of benzene rings is 1. The van der Waals surface area contributed by atoms with Gasteiger partial charge in [0.05, 0.1) is 5.92 Å². The number of hydrogen-bond donors (Lipinski definition) is 2. The molecule has 2 saturated heterocycles. The number of carboxylic acid groups (broad SMARTS) is 1. The van der Waals surface area contributed by atoms with Crippen LogP contribution in [0, 0.1) is 5.92 Å². The number of carbonyl (C=O) groups is 1. The Balaban J connectivity index is 1.82. The Hall–Kier alpha value is -1.39. The summed E-state index contributed by atoms with van der Waals surface area (Å²) in [5, 5.41) is 12.5. The lowest BCUT2D eigenvalue weighted by Gasteiger charge is -2.20. The highest BCUT2D eigenvalue weighted by molar-refractivity contribution is 5.70. The number of likely N-dealkylation sites (tertiary alicyclic amines) is 1. The van der Waals surface area contributed by atoms with Gasteiger partial charge in [-0.15, -0.1) is 0 Å². The number of carboxylic acids is 1. The van der Waals surface area contributed by atoms with Crippen molar-refractivity contribution in [3.05, 3.63) is 35.4 Å². The van der Waals surface area contributed by atoms with Gasteiger partial charge in [-0.3, -0.25) is 4.79 Å². The Bertz CT molecular complexity index is 503. The maximum Gasteiger partial charge on any atom is 0.307 e. The summed E-state index contributed by atoms with van der Waals surface area (Å²) >= 11 is 0. The van der Waals surface area contributed by atoms with E-state index in [9.17, 15) is 4.79 Å². The SMILES string of the molecule is CN1CCC(c2ccccc2C2CC(C(=O)O)CN2)C1. The van der Waals surface area contributed by atoms with E-state index in [4.69, 9.17) is 5.11 Å². The van der Waals surface area contributed by atoms with Gasteiger partial charge in [0.1, 0.15) is 0 Å². The van der Waals surface area contributed by atoms with E-state index in [2.05, 4.69) is 41.5 Å². The number of nitrogens with one attached hydrogen (secondary N) is 1. The van der Waals surface area contributed by atoms with Crippen molar-refractivity contribution in [2.45, 2.75) is 24.8 Å². The zero-order valence-electron chi connectivity index (χ0n) is 11.9. The minimum atomic E-state index is -0.682. The van der Waals surface area contributed by atoms with E-state index in [-0.39, 0.29) is 12.0 Å². The molecule has 2 aliphatic heterocycles. The largest absolute Gasteiger partial charge is 0.481 e. The van der Waals surface area contributed by atoms with Crippen molar-refractivity contribution in [2.75, 3.05) is 26.7 Å². The molecule has 3 unspecified atom stereocenters. The molecule has 0 amide bonds. The Morgan fingerprint density at radius 1 is 1.35 bits per heavy atom. The smallest absolute Gasteiger partial charge is 0.307 e. The monoisotopic (exact) mass is 274 g/mol. The van der Waals surface area contributed by atoms with Crippen molar-refractivity contribution in [3.63, 3.8) is 0 Å². The summed E-state index contributed by atoms with van der Waals surface area (Å²) in [6.45, 7) is 2.83. The molecular weight excluding hydrogens is 252 g/mol. The Morgan fingerprint density at radius 2 is 2.10 bits per heavy atom. The number of nitrogens with zero attached hydrogens (tertiary/aromatic N) is 1. The van der Waals surface area contributed by atoms with Gasteiger partial charge in [-0.25, -0.2) is 0 Å². The van der Waals surface area contributed by atoms with Crippen LogP contribution in [-0.4, -0.2) is 42.7 Å². The summed E-state index contributed by atoms with van der Waals surface area (Å²) in [6, 6.07) is 8.73. The molecule has 0 aromatic heterocycles. The van der Waals surface area contributed by atoms with Crippen LogP contribution < -0.4 is 5.32 Å². The van der Waals surface area contributed by atoms with Crippen molar-refractivity contribution < 1.29 is 9.90 Å². The molecule has 0 spiro atoms. The molecule has 2 aliphatic rings. The predicted molar refractivity (Wildman–Crippen MR) is 77.8 cm³/mol. The first-order valence-electron chi connectivity index (χ1n) is 7.38. The molecule has 4 heteroatoms. The lowest BCUT2D eigenvalue weighted by Crippen LogP contribution is -2.18. The van der Waals surface area contributed by atoms with Crippen molar-refractivity contribution in [1.82, 2.24) is 10.2 Å². The lowest BCUT2D eigenvalue weighted by atomic mass is 9.88. The molecule has 0 aliphatic carbocycles. The average Bonchev–Trinajstić information content (AvgIpc) is 3.07. The quantitative estimate of drug-likeness (QED) is 0.883. The van der Waals surface area contributed by atoms with Gasteiger partial charge in [-0.1, -0.05) is 24.3 Å². The zero-order valence-corrected chi connectivity index (χ0v) is 11.9. The number of hydrogen-bond acceptors (Lipinski definition) is 3. The molecule has 3 atom stereocenters. The Morgan fingerprint density at radius 3 is 2.70 bits per heavy atom. The van der Waals surface area contributed by atoms with Crippen LogP contribution in [0.3, 0.4) is 0 Å². The minimum Gasteiger partial charge on any atom is -0.481 e. The van der Waals surface area contributed by atoms with Gasteiger partial charge in [0.15, 0.2) is 0 Å². The fraction of sp³-hybridized carbons (Fsp3) is 0.562. The third-order valence-electron chi connectivity index (χ3n) is 4.68. The topological polar surface area (TPSA) is 52.6 Å². The van der Waals surface area contributed by atoms with Gasteiger partial charge in [0, 0.05) is 19.1 Å². The molecule has 2 fully saturated rings. The third kappa shape index (κ3) is 2.58. The predicted octanol–water partition coefficient (Wildman–Crippen LogP) is 1.84. The highest BCUT2D eigenvalue weighted by Crippen LogP contribution is 2.35. The first-order valence-corrected chi connectivity index (χ1v) is 7.38. The van der Waals surface area contributed by atoms with Gasteiger partial charge < -0.3 is 15.3 Å². The number of likely N-dealkylation sites (N-methyl/N-ethyl adjacent to an activating group) is 1. The molecule has 1 aromatic rings. The van der Waals surface area contributed by atoms with Crippen LogP contribution in [0.4, 0.5) is 0 Å². The van der Waals surface area contributed by atoms with Crippen LogP contribution in [0.25, 0.3) is 0 Å². The summed E-state index contributed by atoms with van der Waals surface area (Å²) in [5.74, 6) is -0.348. The molecule has 1 aromatic carbocycles. The number of rotatable bonds is 3. The van der Waals surface area contributed by atoms with Crippen molar-refractivity contribution in [1.29, 1.82) is 0 Å². The highest BCUT2D eigenvalue weighted by Gasteiger charge is 2.33. The molecule has 108 valence electrons. The van der Waals surface area contributed by atoms with E-state index in [1.165, 1.54) is 17.5 Å². The minimum absolute atomic E-state index is 0.193. The summed E-state index contributed by atoms with van der Waals surface area (Å²) in [4.78, 5) is 13.5. The molecule has 4 nitrogen and oxygen atoms in total. The van der Waals surface area contributed by atoms with Gasteiger partial charge >= 0.3 is 5.97 Å². The molecule has 0 saturated carbocycles. The third-order valence-corrected chi connectivity index (χ3v) is 4.68. The second-order valence-electron chi connectivity index (χ2n) is 6.11. The standard InChI is InChI=1S/C16H22N2O2/c1-18-7-6-11(10-18)13-4-2-3-5-14(13)15-8-12(9-17-15)16(19)20/h2-5,11-12,15,17H,6-10H2,1H3,(H,19,20). The normalized spacial score (nSPS) is 30.8. The molecule has 0 bridgehead atoms. The van der Waals surface area contributed by atoms with Crippen molar-refractivity contribution in [2.24, 2.45) is 5.92 Å². The molecular formula is C16H22N2O2. The second-order valence-corrected chi connectivity index (χ2v) is 6.11. The molecule has 20 heavy (non-hydrogen) atoms. The summed E-state index contributed by atoms with van der Waals surface area (Å²) in [5.41, 5.74) is 2.71. The maximum absolute atomic E-state index is 11.1. The van der Waals surface area contributed by atoms with Crippen LogP contribution >= 0.6 is 0 Å². The first-order chi connectivity index (χ1) is 9.65. The summed E-state index contributed by atoms with van der Waals surface area (Å²) < 4.78 is 0. The number of aliphatic carboxylic acids is 1. The first kappa shape index (κ1) is 13.6. The zero-order chi connectivity index (χ0) is 14.1. The summed E-state index contributed by atoms with van der Waals surface area (Å²) in [6.07, 6.45) is 1.90. The van der Waals surface area contributed by atoms with Crippen molar-refractivity contribution in [3.8, 4) is 0 Å². The fourth-order valence-electron chi connectivity index (χ4n) is 3.55. The van der Waals surface area contributed by atoms with E-state index in [1.54, 1.807) is 0 Å². The van der Waals surface area contributed by atoms with E-state index in [0.29, 0.717) is 18.9 Å². The maximum atomic E-state index is 11.1. The van der Waals surface area contributed by atoms with Gasteiger partial charge in [0.25, 0.3) is 0 Å². The molecule has 0 radical (unpaired) electrons. The van der Waals surface area contributed by atoms with Gasteiger partial charge in [-0.2, -0.15) is 0 Å². The Labute approximate surface area is 119 Å². The second kappa shape index (κ2) is 5.54. The van der Waals surface area contributed by atoms with Crippen molar-refractivity contribution >= 4 is 5.97 Å². The fourth-order valence-corrected chi connectivity index (χ4v) is 3.55. The summed E-state index contributed by atoms with van der Waals surface area (Å²) in [7, 11) is 2.16. The van der Waals surface area contributed by atoms with E-state index in [1.807, 2.05) is 0 Å². The average molecular weight is 274 g/mol. The lowest BCUT2D eigenvalue weighted by molar-refractivity contribution is -0.141. The van der Waals surface area contributed by atoms with Gasteiger partial charge in [-0.05, 0) is 43.5 Å². The Kier molecular flexibility index (Phi) is 3.76. The molecule has 3 rings (SSSR count). The van der Waals surface area contributed by atoms with E-state index < -0.39 is 5.97 Å². The highest BCUT2D eigenvalue weighted by atomic mass is 16.4. The van der Waals surface area contributed by atoms with Crippen LogP contribution in [0.5, 0.6) is 0 Å². The van der Waals surface area contributed by atoms with Gasteiger partial charge in [0.2, 0.25) is 0 Å². The van der Waals surface area contributed by atoms with Crippen LogP contribution in [-0.2, 0) is 4.79 Å². The van der Waals surface area contributed by atoms with Crippen LogP contribution in [0.1, 0.15) is 35.9 Å². The van der Waals surface area contributed by atoms with E-state index >= 15 is 0 Å². The molecule has 2 N–H and O–H groups in total. The van der Waals surface area contributed by atoms with Crippen LogP contribution in [0.2, 0.25) is 0 Å². The molecule has 2 heterocycles.